The molecule has 0 spiro atoms. The van der Waals surface area contributed by atoms with Crippen molar-refractivity contribution in [2.24, 2.45) is 24.8 Å². The first-order valence-corrected chi connectivity index (χ1v) is 11.8. The summed E-state index contributed by atoms with van der Waals surface area (Å²) >= 11 is 0. The first kappa shape index (κ1) is 21.9. The molecule has 0 atom stereocenters. The average Bonchev–Trinajstić information content (AvgIpc) is 3.03. The predicted octanol–water partition coefficient (Wildman–Crippen LogP) is 6.24. The van der Waals surface area contributed by atoms with E-state index in [0.29, 0.717) is 17.7 Å². The Labute approximate surface area is 187 Å². The number of unbranched alkanes of at least 4 members (excludes halogenated alkanes) is 2. The molecular formula is C26H37ClN2O. The van der Waals surface area contributed by atoms with E-state index in [1.165, 1.54) is 51.5 Å². The van der Waals surface area contributed by atoms with Crippen molar-refractivity contribution in [2.75, 3.05) is 13.6 Å². The summed E-state index contributed by atoms with van der Waals surface area (Å²) in [5.74, 6) is 3.35. The molecule has 1 aromatic carbocycles. The van der Waals surface area contributed by atoms with E-state index in [9.17, 15) is 4.79 Å². The van der Waals surface area contributed by atoms with Gasteiger partial charge < -0.3 is 9.47 Å². The Balaban J connectivity index is 0.00000218. The van der Waals surface area contributed by atoms with E-state index < -0.39 is 0 Å². The summed E-state index contributed by atoms with van der Waals surface area (Å²) in [7, 11) is 4.41. The van der Waals surface area contributed by atoms with E-state index in [4.69, 9.17) is 0 Å². The third-order valence-corrected chi connectivity index (χ3v) is 8.41. The second-order valence-corrected chi connectivity index (χ2v) is 10.5. The minimum atomic E-state index is 0. The van der Waals surface area contributed by atoms with Crippen molar-refractivity contribution in [2.45, 2.75) is 69.7 Å². The van der Waals surface area contributed by atoms with Crippen LogP contribution in [0.15, 0.2) is 30.5 Å². The van der Waals surface area contributed by atoms with Crippen LogP contribution in [0.2, 0.25) is 0 Å². The van der Waals surface area contributed by atoms with Crippen molar-refractivity contribution in [1.82, 2.24) is 9.47 Å². The number of nitrogens with zero attached hydrogens (tertiary/aromatic N) is 2. The quantitative estimate of drug-likeness (QED) is 0.367. The number of carbonyl (C=O) groups excluding carboxylic acids is 1. The molecule has 0 N–H and O–H groups in total. The Morgan fingerprint density at radius 2 is 1.67 bits per heavy atom. The molecule has 1 aromatic heterocycles. The fourth-order valence-electron chi connectivity index (χ4n) is 7.28. The van der Waals surface area contributed by atoms with Crippen LogP contribution in [-0.4, -0.2) is 34.4 Å². The highest BCUT2D eigenvalue weighted by molar-refractivity contribution is 6.08. The zero-order valence-electron chi connectivity index (χ0n) is 18.6. The molecule has 4 heteroatoms. The van der Waals surface area contributed by atoms with Crippen molar-refractivity contribution >= 4 is 29.1 Å². The van der Waals surface area contributed by atoms with E-state index >= 15 is 0 Å². The van der Waals surface area contributed by atoms with Crippen LogP contribution in [0, 0.1) is 17.8 Å². The van der Waals surface area contributed by atoms with Crippen LogP contribution in [-0.2, 0) is 7.05 Å². The SMILES string of the molecule is CN(CCCCCC(=O)c1cn(C)c2ccccc12)C12CC3CC(CC(C3)C1)C2.Cl. The van der Waals surface area contributed by atoms with Crippen molar-refractivity contribution in [3.05, 3.63) is 36.0 Å². The van der Waals surface area contributed by atoms with Crippen molar-refractivity contribution in [1.29, 1.82) is 0 Å². The monoisotopic (exact) mass is 428 g/mol. The van der Waals surface area contributed by atoms with Gasteiger partial charge in [0.2, 0.25) is 0 Å². The molecule has 0 saturated heterocycles. The number of fused-ring (bicyclic) bond motifs is 1. The highest BCUT2D eigenvalue weighted by atomic mass is 35.5. The first-order valence-electron chi connectivity index (χ1n) is 11.8. The van der Waals surface area contributed by atoms with E-state index in [1.807, 2.05) is 25.4 Å². The molecule has 6 rings (SSSR count). The second kappa shape index (κ2) is 8.67. The van der Waals surface area contributed by atoms with Crippen molar-refractivity contribution < 1.29 is 4.79 Å². The Kier molecular flexibility index (Phi) is 6.33. The molecule has 4 bridgehead atoms. The summed E-state index contributed by atoms with van der Waals surface area (Å²) in [5, 5.41) is 1.10. The molecule has 2 aromatic rings. The van der Waals surface area contributed by atoms with Crippen LogP contribution in [0.5, 0.6) is 0 Å². The zero-order valence-corrected chi connectivity index (χ0v) is 19.4. The third-order valence-electron chi connectivity index (χ3n) is 8.41. The lowest BCUT2D eigenvalue weighted by Crippen LogP contribution is -2.58. The fourth-order valence-corrected chi connectivity index (χ4v) is 7.28. The Morgan fingerprint density at radius 1 is 1.03 bits per heavy atom. The number of aryl methyl sites for hydroxylation is 1. The van der Waals surface area contributed by atoms with Gasteiger partial charge in [-0.2, -0.15) is 0 Å². The van der Waals surface area contributed by atoms with Gasteiger partial charge in [-0.25, -0.2) is 0 Å². The fraction of sp³-hybridized carbons (Fsp3) is 0.654. The van der Waals surface area contributed by atoms with Gasteiger partial charge in [-0.15, -0.1) is 12.4 Å². The highest BCUT2D eigenvalue weighted by Crippen LogP contribution is 2.57. The van der Waals surface area contributed by atoms with Gasteiger partial charge in [-0.3, -0.25) is 4.79 Å². The summed E-state index contributed by atoms with van der Waals surface area (Å²) in [6.07, 6.45) is 15.0. The number of halogens is 1. The third kappa shape index (κ3) is 3.96. The van der Waals surface area contributed by atoms with E-state index in [-0.39, 0.29) is 12.4 Å². The Bertz CT molecular complexity index is 866. The Hall–Kier alpha value is -1.32. The molecule has 4 fully saturated rings. The predicted molar refractivity (Wildman–Crippen MR) is 126 cm³/mol. The normalized spacial score (nSPS) is 29.5. The lowest BCUT2D eigenvalue weighted by atomic mass is 9.52. The standard InChI is InChI=1S/C26H36N2O.ClH/c1-27-18-23(22-8-5-6-9-24(22)27)25(29)10-4-3-7-11-28(2)26-15-19-12-20(16-26)14-21(13-19)17-26;/h5-6,8-9,18-21H,3-4,7,10-17H2,1-2H3;1H. The van der Waals surface area contributed by atoms with Gasteiger partial charge in [0.25, 0.3) is 0 Å². The topological polar surface area (TPSA) is 25.2 Å². The van der Waals surface area contributed by atoms with Crippen LogP contribution in [0.1, 0.15) is 74.6 Å². The maximum atomic E-state index is 12.8. The van der Waals surface area contributed by atoms with Crippen LogP contribution in [0.3, 0.4) is 0 Å². The van der Waals surface area contributed by atoms with Gasteiger partial charge in [-0.1, -0.05) is 24.6 Å². The Morgan fingerprint density at radius 3 is 2.33 bits per heavy atom. The summed E-state index contributed by atoms with van der Waals surface area (Å²) < 4.78 is 2.07. The minimum Gasteiger partial charge on any atom is -0.350 e. The first-order chi connectivity index (χ1) is 14.0. The maximum absolute atomic E-state index is 12.8. The molecule has 4 aliphatic carbocycles. The molecule has 4 saturated carbocycles. The number of ketones is 1. The summed E-state index contributed by atoms with van der Waals surface area (Å²) in [6, 6.07) is 8.23. The second-order valence-electron chi connectivity index (χ2n) is 10.5. The molecule has 4 aliphatic rings. The van der Waals surface area contributed by atoms with E-state index in [2.05, 4.69) is 28.6 Å². The maximum Gasteiger partial charge on any atom is 0.165 e. The number of carbonyl (C=O) groups is 1. The van der Waals surface area contributed by atoms with Crippen LogP contribution in [0.4, 0.5) is 0 Å². The number of aromatic nitrogens is 1. The lowest BCUT2D eigenvalue weighted by Gasteiger charge is -2.60. The van der Waals surface area contributed by atoms with E-state index in [1.54, 1.807) is 0 Å². The van der Waals surface area contributed by atoms with Gasteiger partial charge in [-0.05, 0) is 88.8 Å². The van der Waals surface area contributed by atoms with Gasteiger partial charge in [0.1, 0.15) is 0 Å². The summed E-state index contributed by atoms with van der Waals surface area (Å²) in [5.41, 5.74) is 2.56. The summed E-state index contributed by atoms with van der Waals surface area (Å²) in [6.45, 7) is 1.20. The van der Waals surface area contributed by atoms with E-state index in [0.717, 1.165) is 47.1 Å². The van der Waals surface area contributed by atoms with Gasteiger partial charge in [0, 0.05) is 41.7 Å². The van der Waals surface area contributed by atoms with Crippen molar-refractivity contribution in [3.63, 3.8) is 0 Å². The number of hydrogen-bond donors (Lipinski definition) is 0. The molecular weight excluding hydrogens is 392 g/mol. The molecule has 0 radical (unpaired) electrons. The molecule has 0 amide bonds. The molecule has 0 unspecified atom stereocenters. The van der Waals surface area contributed by atoms with Crippen LogP contribution >= 0.6 is 12.4 Å². The minimum absolute atomic E-state index is 0. The molecule has 30 heavy (non-hydrogen) atoms. The molecule has 3 nitrogen and oxygen atoms in total. The lowest BCUT2D eigenvalue weighted by molar-refractivity contribution is -0.0793. The largest absolute Gasteiger partial charge is 0.350 e. The van der Waals surface area contributed by atoms with Gasteiger partial charge in [0.05, 0.1) is 0 Å². The van der Waals surface area contributed by atoms with Gasteiger partial charge >= 0.3 is 0 Å². The molecule has 0 aliphatic heterocycles. The number of Topliss-reactive ketones (excluding diaryl/α,β-unsaturated/α-hetero) is 1. The number of benzene rings is 1. The zero-order chi connectivity index (χ0) is 20.0. The van der Waals surface area contributed by atoms with Crippen LogP contribution in [0.25, 0.3) is 10.9 Å². The molecule has 164 valence electrons. The number of rotatable bonds is 8. The summed E-state index contributed by atoms with van der Waals surface area (Å²) in [4.78, 5) is 15.5. The van der Waals surface area contributed by atoms with Crippen molar-refractivity contribution in [3.8, 4) is 0 Å². The average molecular weight is 429 g/mol. The molecule has 1 heterocycles. The van der Waals surface area contributed by atoms with Gasteiger partial charge in [0.15, 0.2) is 5.78 Å². The number of para-hydroxylation sites is 1. The number of hydrogen-bond acceptors (Lipinski definition) is 2. The highest BCUT2D eigenvalue weighted by Gasteiger charge is 2.52. The smallest absolute Gasteiger partial charge is 0.165 e. The van der Waals surface area contributed by atoms with Crippen LogP contribution < -0.4 is 0 Å².